The van der Waals surface area contributed by atoms with Crippen molar-refractivity contribution in [3.63, 3.8) is 0 Å². The van der Waals surface area contributed by atoms with Crippen LogP contribution in [0, 0.1) is 11.6 Å². The van der Waals surface area contributed by atoms with Gasteiger partial charge in [0.05, 0.1) is 22.0 Å². The van der Waals surface area contributed by atoms with Gasteiger partial charge in [0.25, 0.3) is 0 Å². The number of para-hydroxylation sites is 1. The Morgan fingerprint density at radius 3 is 2.88 bits per heavy atom. The maximum absolute atomic E-state index is 13.3. The zero-order chi connectivity index (χ0) is 18.1. The number of likely N-dealkylation sites (tertiary alicyclic amines) is 1. The molecule has 3 nitrogen and oxygen atoms in total. The second kappa shape index (κ2) is 7.32. The molecule has 0 bridgehead atoms. The summed E-state index contributed by atoms with van der Waals surface area (Å²) in [7, 11) is 0. The molecule has 0 radical (unpaired) electrons. The number of hydrogen-bond acceptors (Lipinski definition) is 4. The van der Waals surface area contributed by atoms with Crippen molar-refractivity contribution in [1.29, 1.82) is 0 Å². The van der Waals surface area contributed by atoms with E-state index in [4.69, 9.17) is 4.98 Å². The van der Waals surface area contributed by atoms with Gasteiger partial charge in [-0.1, -0.05) is 12.1 Å². The Hall–Kier alpha value is -1.99. The summed E-state index contributed by atoms with van der Waals surface area (Å²) in [6.45, 7) is 0.706. The van der Waals surface area contributed by atoms with Crippen LogP contribution in [0.5, 0.6) is 0 Å². The molecule has 0 spiro atoms. The minimum Gasteiger partial charge on any atom is -0.332 e. The molecule has 2 aromatic carbocycles. The predicted octanol–water partition coefficient (Wildman–Crippen LogP) is 5.03. The highest BCUT2D eigenvalue weighted by atomic mass is 32.2. The number of benzene rings is 2. The molecule has 1 aliphatic rings. The van der Waals surface area contributed by atoms with Crippen molar-refractivity contribution in [2.75, 3.05) is 12.3 Å². The lowest BCUT2D eigenvalue weighted by atomic mass is 10.2. The second-order valence-electron chi connectivity index (χ2n) is 6.13. The number of nitrogens with zero attached hydrogens (tertiary/aromatic N) is 2. The smallest absolute Gasteiger partial charge is 0.233 e. The number of carbonyl (C=O) groups excluding carboxylic acids is 1. The van der Waals surface area contributed by atoms with Crippen molar-refractivity contribution in [2.24, 2.45) is 0 Å². The van der Waals surface area contributed by atoms with E-state index in [1.807, 2.05) is 29.2 Å². The zero-order valence-corrected chi connectivity index (χ0v) is 15.5. The molecule has 0 aliphatic carbocycles. The molecule has 1 atom stereocenters. The molecule has 1 aromatic heterocycles. The van der Waals surface area contributed by atoms with Crippen molar-refractivity contribution in [3.05, 3.63) is 59.1 Å². The lowest BCUT2D eigenvalue weighted by Crippen LogP contribution is -2.31. The third-order valence-corrected chi connectivity index (χ3v) is 6.54. The first-order valence-electron chi connectivity index (χ1n) is 8.34. The van der Waals surface area contributed by atoms with Gasteiger partial charge in [0.15, 0.2) is 11.6 Å². The van der Waals surface area contributed by atoms with Gasteiger partial charge in [-0.15, -0.1) is 23.1 Å². The third kappa shape index (κ3) is 3.46. The Bertz CT molecular complexity index is 927. The van der Waals surface area contributed by atoms with Crippen LogP contribution >= 0.6 is 23.1 Å². The topological polar surface area (TPSA) is 33.2 Å². The Labute approximate surface area is 158 Å². The third-order valence-electron chi connectivity index (χ3n) is 4.42. The van der Waals surface area contributed by atoms with E-state index < -0.39 is 11.6 Å². The number of rotatable bonds is 4. The van der Waals surface area contributed by atoms with Gasteiger partial charge in [0.2, 0.25) is 5.91 Å². The van der Waals surface area contributed by atoms with Crippen LogP contribution in [-0.2, 0) is 4.79 Å². The molecule has 0 saturated carbocycles. The second-order valence-corrected chi connectivity index (χ2v) is 8.24. The minimum atomic E-state index is -0.893. The summed E-state index contributed by atoms with van der Waals surface area (Å²) in [6, 6.07) is 11.7. The fourth-order valence-electron chi connectivity index (χ4n) is 3.15. The van der Waals surface area contributed by atoms with Crippen LogP contribution in [0.2, 0.25) is 0 Å². The predicted molar refractivity (Wildman–Crippen MR) is 100 cm³/mol. The van der Waals surface area contributed by atoms with Gasteiger partial charge in [-0.3, -0.25) is 4.79 Å². The maximum atomic E-state index is 13.3. The summed E-state index contributed by atoms with van der Waals surface area (Å²) in [6.07, 6.45) is 1.85. The Morgan fingerprint density at radius 1 is 1.23 bits per heavy atom. The first-order valence-corrected chi connectivity index (χ1v) is 10.1. The average molecular weight is 390 g/mol. The summed E-state index contributed by atoms with van der Waals surface area (Å²) < 4.78 is 27.4. The van der Waals surface area contributed by atoms with E-state index >= 15 is 0 Å². The van der Waals surface area contributed by atoms with Crippen LogP contribution in [0.4, 0.5) is 8.78 Å². The molecule has 7 heteroatoms. The molecular weight excluding hydrogens is 374 g/mol. The number of hydrogen-bond donors (Lipinski definition) is 0. The molecule has 134 valence electrons. The SMILES string of the molecule is O=C(CSc1ccc(F)c(F)c1)N1CCCC1c1nc2ccccc2s1. The quantitative estimate of drug-likeness (QED) is 0.586. The molecule has 1 amide bonds. The lowest BCUT2D eigenvalue weighted by Gasteiger charge is -2.23. The summed E-state index contributed by atoms with van der Waals surface area (Å²) in [4.78, 5) is 19.8. The Morgan fingerprint density at radius 2 is 2.08 bits per heavy atom. The number of carbonyl (C=O) groups is 1. The fraction of sp³-hybridized carbons (Fsp3) is 0.263. The molecule has 2 heterocycles. The highest BCUT2D eigenvalue weighted by Gasteiger charge is 2.32. The van der Waals surface area contributed by atoms with E-state index in [-0.39, 0.29) is 17.7 Å². The first kappa shape index (κ1) is 17.4. The molecule has 26 heavy (non-hydrogen) atoms. The van der Waals surface area contributed by atoms with Crippen molar-refractivity contribution >= 4 is 39.2 Å². The Balaban J connectivity index is 1.47. The number of halogens is 2. The maximum Gasteiger partial charge on any atom is 0.233 e. The van der Waals surface area contributed by atoms with E-state index in [0.29, 0.717) is 11.4 Å². The van der Waals surface area contributed by atoms with Crippen molar-refractivity contribution in [3.8, 4) is 0 Å². The van der Waals surface area contributed by atoms with Gasteiger partial charge in [-0.05, 0) is 43.2 Å². The summed E-state index contributed by atoms with van der Waals surface area (Å²) in [5.74, 6) is -1.57. The van der Waals surface area contributed by atoms with Gasteiger partial charge in [-0.25, -0.2) is 13.8 Å². The number of thiazole rings is 1. The van der Waals surface area contributed by atoms with Crippen LogP contribution in [0.1, 0.15) is 23.9 Å². The highest BCUT2D eigenvalue weighted by Crippen LogP contribution is 2.37. The van der Waals surface area contributed by atoms with Gasteiger partial charge >= 0.3 is 0 Å². The normalized spacial score (nSPS) is 17.2. The minimum absolute atomic E-state index is 0.00138. The van der Waals surface area contributed by atoms with Crippen LogP contribution in [0.25, 0.3) is 10.2 Å². The van der Waals surface area contributed by atoms with Gasteiger partial charge < -0.3 is 4.90 Å². The first-order chi connectivity index (χ1) is 12.6. The number of fused-ring (bicyclic) bond motifs is 1. The van der Waals surface area contributed by atoms with Crippen molar-refractivity contribution in [1.82, 2.24) is 9.88 Å². The molecule has 0 N–H and O–H groups in total. The van der Waals surface area contributed by atoms with Crippen molar-refractivity contribution in [2.45, 2.75) is 23.8 Å². The average Bonchev–Trinajstić information content (AvgIpc) is 3.28. The molecule has 3 aromatic rings. The van der Waals surface area contributed by atoms with Gasteiger partial charge in [-0.2, -0.15) is 0 Å². The highest BCUT2D eigenvalue weighted by molar-refractivity contribution is 8.00. The lowest BCUT2D eigenvalue weighted by molar-refractivity contribution is -0.129. The standard InChI is InChI=1S/C19H16F2N2OS2/c20-13-8-7-12(10-14(13)21)25-11-18(24)23-9-3-5-16(23)19-22-15-4-1-2-6-17(15)26-19/h1-2,4,6-8,10,16H,3,5,9,11H2. The molecule has 1 unspecified atom stereocenters. The largest absolute Gasteiger partial charge is 0.332 e. The summed E-state index contributed by atoms with van der Waals surface area (Å²) in [5.41, 5.74) is 0.961. The van der Waals surface area contributed by atoms with Gasteiger partial charge in [0.1, 0.15) is 5.01 Å². The zero-order valence-electron chi connectivity index (χ0n) is 13.8. The van der Waals surface area contributed by atoms with Crippen molar-refractivity contribution < 1.29 is 13.6 Å². The van der Waals surface area contributed by atoms with E-state index in [1.54, 1.807) is 11.3 Å². The van der Waals surface area contributed by atoms with Crippen LogP contribution in [-0.4, -0.2) is 28.1 Å². The summed E-state index contributed by atoms with van der Waals surface area (Å²) in [5, 5.41) is 0.967. The molecule has 1 fully saturated rings. The van der Waals surface area contributed by atoms with E-state index in [0.717, 1.165) is 40.2 Å². The number of amides is 1. The van der Waals surface area contributed by atoms with E-state index in [2.05, 4.69) is 0 Å². The molecule has 1 aliphatic heterocycles. The summed E-state index contributed by atoms with van der Waals surface area (Å²) >= 11 is 2.86. The molecule has 1 saturated heterocycles. The fourth-order valence-corrected chi connectivity index (χ4v) is 5.07. The van der Waals surface area contributed by atoms with Crippen LogP contribution in [0.3, 0.4) is 0 Å². The monoisotopic (exact) mass is 390 g/mol. The Kier molecular flexibility index (Phi) is 4.91. The molecule has 4 rings (SSSR count). The van der Waals surface area contributed by atoms with E-state index in [1.165, 1.54) is 17.8 Å². The number of aromatic nitrogens is 1. The number of thioether (sulfide) groups is 1. The van der Waals surface area contributed by atoms with E-state index in [9.17, 15) is 13.6 Å². The molecular formula is C19H16F2N2OS2. The van der Waals surface area contributed by atoms with Crippen LogP contribution in [0.15, 0.2) is 47.4 Å². The van der Waals surface area contributed by atoms with Crippen LogP contribution < -0.4 is 0 Å². The van der Waals surface area contributed by atoms with Gasteiger partial charge in [0, 0.05) is 11.4 Å².